The molecule has 0 aliphatic rings. The van der Waals surface area contributed by atoms with Crippen molar-refractivity contribution in [3.05, 3.63) is 295 Å². The van der Waals surface area contributed by atoms with Crippen LogP contribution < -0.4 is 137 Å². The number of H-pyrrole nitrogens is 6. The molecule has 0 atom stereocenters. The van der Waals surface area contributed by atoms with Crippen molar-refractivity contribution in [1.29, 1.82) is 0 Å². The van der Waals surface area contributed by atoms with E-state index in [0.717, 1.165) is 56.2 Å². The van der Waals surface area contributed by atoms with E-state index in [1.165, 1.54) is 89.3 Å². The summed E-state index contributed by atoms with van der Waals surface area (Å²) in [6.45, 7) is 32.4. The quantitative estimate of drug-likeness (QED) is 0.00825. The van der Waals surface area contributed by atoms with Gasteiger partial charge in [0, 0.05) is 124 Å². The number of aryl methyl sites for hydroxylation is 13. The van der Waals surface area contributed by atoms with Crippen molar-refractivity contribution in [2.45, 2.75) is 130 Å². The minimum atomic E-state index is -1.04. The number of aromatic hydroxyl groups is 2. The molecule has 0 amide bonds. The summed E-state index contributed by atoms with van der Waals surface area (Å²) in [4.78, 5) is 93.8. The molecule has 9 N–H and O–H groups in total. The minimum Gasteiger partial charge on any atom is -1.00 e. The zero-order chi connectivity index (χ0) is 107. The van der Waals surface area contributed by atoms with Crippen LogP contribution in [0.1, 0.15) is 125 Å². The molecule has 0 bridgehead atoms. The summed E-state index contributed by atoms with van der Waals surface area (Å²) < 4.78 is 115. The van der Waals surface area contributed by atoms with E-state index in [-0.39, 0.29) is 205 Å². The fourth-order valence-electron chi connectivity index (χ4n) is 15.8. The number of rotatable bonds is 16. The Bertz CT molecular complexity index is 8850. The van der Waals surface area contributed by atoms with Gasteiger partial charge in [0.15, 0.2) is 68.8 Å². The molecule has 48 heteroatoms. The topological polar surface area (TPSA) is 497 Å². The second-order valence-electron chi connectivity index (χ2n) is 34.3. The Morgan fingerprint density at radius 1 is 0.440 bits per heavy atom. The van der Waals surface area contributed by atoms with Gasteiger partial charge in [0.05, 0.1) is 36.0 Å². The van der Waals surface area contributed by atoms with E-state index >= 15 is 0 Å². The Morgan fingerprint density at radius 3 is 1.15 bits per heavy atom. The predicted octanol–water partition coefficient (Wildman–Crippen LogP) is 13.4. The molecule has 5 aromatic carbocycles. The number of hydrogen-bond acceptors (Lipinski definition) is 27. The van der Waals surface area contributed by atoms with Crippen LogP contribution in [0.3, 0.4) is 0 Å². The molecular formula is C102H98Cl2F5K2N23O16. The van der Waals surface area contributed by atoms with E-state index in [4.69, 9.17) is 66.8 Å². The zero-order valence-electron chi connectivity index (χ0n) is 85.7. The van der Waals surface area contributed by atoms with Crippen LogP contribution in [0.25, 0.3) is 87.6 Å². The first-order chi connectivity index (χ1) is 70.5. The number of aromatic nitrogens is 23. The Hall–Kier alpha value is -14.4. The Labute approximate surface area is 945 Å². The number of benzene rings is 5. The van der Waals surface area contributed by atoms with Crippen LogP contribution in [-0.2, 0) is 29.6 Å². The maximum Gasteiger partial charge on any atom is 1.00 e. The van der Waals surface area contributed by atoms with Crippen molar-refractivity contribution in [3.8, 4) is 63.8 Å². The molecule has 0 unspecified atom stereocenters. The molecule has 0 saturated carbocycles. The SMILES string of the molecule is CC(=O)CCl.CC(=O)COc1cn2ncnc(Oc3ccc4[nH]c(C)cc4c3F)c2c1C.CCOC(=O)c1cn2ncnc(Oc3ccc4[nH]c(C)cc4c3F)c2c1C.Cc1cc2c(F)c(O)ccc2[nH]1.Cc1cc2c(F)c(Oc3ncnn4cc(C(C)(C)O)c(C)c34)ccc2[nH]1.Cc1cc2c(F)c(Oc3ncnn4cc(O)c(C)c34)ccc2[nH]1.Cc1cn2nc[nH]c(=O)c2c1C.Cc1cn2ncnc(Cl)c2c1C.O=CO[O-].[H-].[K+].[K+]. The molecule has 22 aromatic rings. The Morgan fingerprint density at radius 2 is 0.780 bits per heavy atom. The van der Waals surface area contributed by atoms with Crippen LogP contribution in [0.2, 0.25) is 5.15 Å². The molecule has 22 rings (SSSR count). The summed E-state index contributed by atoms with van der Waals surface area (Å²) in [6, 6.07) is 24.8. The monoisotopic (exact) mass is 2140 g/mol. The van der Waals surface area contributed by atoms with Gasteiger partial charge in [-0.25, -0.2) is 58.8 Å². The second kappa shape index (κ2) is 49.4. The van der Waals surface area contributed by atoms with Gasteiger partial charge in [0.25, 0.3) is 12.0 Å². The van der Waals surface area contributed by atoms with Crippen LogP contribution in [0, 0.1) is 119 Å². The van der Waals surface area contributed by atoms with Gasteiger partial charge < -0.3 is 85.2 Å². The number of nitrogens with zero attached hydrogens (tertiary/aromatic N) is 17. The largest absolute Gasteiger partial charge is 1.00 e. The van der Waals surface area contributed by atoms with E-state index in [9.17, 15) is 51.3 Å². The molecule has 0 radical (unpaired) electrons. The maximum atomic E-state index is 14.8. The number of halogens is 7. The van der Waals surface area contributed by atoms with Crippen molar-refractivity contribution in [2.75, 3.05) is 19.1 Å². The summed E-state index contributed by atoms with van der Waals surface area (Å²) in [5.74, 6) is -1.51. The summed E-state index contributed by atoms with van der Waals surface area (Å²) in [7, 11) is 0. The van der Waals surface area contributed by atoms with Crippen molar-refractivity contribution < 1.29 is 199 Å². The van der Waals surface area contributed by atoms with Gasteiger partial charge in [0.2, 0.25) is 23.5 Å². The first kappa shape index (κ1) is 114. The number of carbonyl (C=O) groups excluding carboxylic acids is 4. The number of fused-ring (bicyclic) bond motifs is 11. The molecule has 39 nitrogen and oxygen atoms in total. The smallest absolute Gasteiger partial charge is 1.00 e. The second-order valence-corrected chi connectivity index (χ2v) is 35.0. The molecule has 0 aliphatic carbocycles. The third-order valence-corrected chi connectivity index (χ3v) is 23.7. The van der Waals surface area contributed by atoms with Crippen LogP contribution in [0.5, 0.6) is 63.8 Å². The molecule has 150 heavy (non-hydrogen) atoms. The van der Waals surface area contributed by atoms with E-state index < -0.39 is 40.7 Å². The summed E-state index contributed by atoms with van der Waals surface area (Å²) in [5, 5.41) is 64.8. The molecule has 0 aliphatic heterocycles. The van der Waals surface area contributed by atoms with E-state index in [1.807, 2.05) is 81.6 Å². The molecule has 768 valence electrons. The number of alkyl halides is 1. The van der Waals surface area contributed by atoms with Gasteiger partial charge in [0.1, 0.15) is 95.0 Å². The number of ether oxygens (including phenoxy) is 6. The fourth-order valence-corrected chi connectivity index (χ4v) is 16.1. The number of aliphatic hydroxyl groups is 1. The van der Waals surface area contributed by atoms with Crippen LogP contribution in [0.4, 0.5) is 22.0 Å². The first-order valence-corrected chi connectivity index (χ1v) is 46.0. The number of nitrogens with one attached hydrogen (secondary N) is 6. The fraction of sp³-hybridized carbons (Fsp3) is 0.216. The van der Waals surface area contributed by atoms with Gasteiger partial charge in [-0.3, -0.25) is 19.2 Å². The van der Waals surface area contributed by atoms with Gasteiger partial charge in [-0.2, -0.15) is 50.5 Å². The molecule has 0 fully saturated rings. The van der Waals surface area contributed by atoms with Crippen LogP contribution in [-0.4, -0.2) is 171 Å². The van der Waals surface area contributed by atoms with Gasteiger partial charge >= 0.3 is 109 Å². The minimum absolute atomic E-state index is 0. The Kier molecular flexibility index (Phi) is 37.6. The van der Waals surface area contributed by atoms with Gasteiger partial charge in [-0.05, 0) is 249 Å². The van der Waals surface area contributed by atoms with Crippen molar-refractivity contribution in [3.63, 3.8) is 0 Å². The molecule has 17 aromatic heterocycles. The molecule has 0 saturated heterocycles. The maximum absolute atomic E-state index is 14.8. The standard InChI is InChI=1S/2C19H17FN4O3.C19H19FN4O2.C16H13FN4O2.C9H8FNO.C8H8ClN3.C8H9N3O.C3H5ClO.CH2O3.2K.H/c1-10-6-13-14(23-10)4-5-15(17(13)20)27-19-18-12(3)16(26-8-11(2)25)7-24(18)22-9-21-19;1-4-26-19(25)13-8-24-17(11(13)3)18(21-9-22-24)27-15-6-5-14-12(16(15)20)7-10(2)23-14;1-10-7-12-14(23-10)5-6-15(16(12)20)26-18-17-11(2)13(19(3,4)25)8-24(17)22-9-21-18;1-8-5-10-11(20-8)3-4-13(14(10)17)23-16-15-9(2)12(22)6-21(15)19-7-18-16;1-5-4-6-7(11-5)2-3-8(12)9(6)10;1-5-3-12-7(6(5)2)8(9)10-4-11-12;1-5-3-11-7(6(5)2)8(12)9-4-10-11;1-3(5)2-4;2-1-4-3;;;/h4-7,9,23H,8H2,1-3H3;5-9,23H,4H2,1-3H3;5-9,23,25H,1-4H3;3-7,20,22H,1-2H3;2-4,11-12H,1H3;3-4H,1-2H3;3-4H,1-2H3,(H,9,10,12);2H2,1H3;1,3H;;;/q;;;;;;;;;2*+1;-1/p-1. The number of phenols is 1. The average Bonchev–Trinajstić information content (AvgIpc) is 1.62. The van der Waals surface area contributed by atoms with E-state index in [0.29, 0.717) is 121 Å². The summed E-state index contributed by atoms with van der Waals surface area (Å²) in [5.41, 5.74) is 18.5. The van der Waals surface area contributed by atoms with Gasteiger partial charge in [-0.1, -0.05) is 11.6 Å². The number of ketones is 2. The van der Waals surface area contributed by atoms with Crippen LogP contribution in [0.15, 0.2) is 171 Å². The molecule has 0 spiro atoms. The van der Waals surface area contributed by atoms with Crippen molar-refractivity contribution in [1.82, 2.24) is 113 Å². The number of carbonyl (C=O) groups is 4. The normalized spacial score (nSPS) is 10.9. The first-order valence-electron chi connectivity index (χ1n) is 45.1. The van der Waals surface area contributed by atoms with Crippen molar-refractivity contribution >= 4 is 135 Å². The summed E-state index contributed by atoms with van der Waals surface area (Å²) >= 11 is 10.9. The predicted molar refractivity (Wildman–Crippen MR) is 539 cm³/mol. The van der Waals surface area contributed by atoms with E-state index in [1.54, 1.807) is 153 Å². The zero-order valence-corrected chi connectivity index (χ0v) is 92.4. The third-order valence-electron chi connectivity index (χ3n) is 23.1. The molecular weight excluding hydrogens is 2050 g/mol. The number of esters is 1. The number of phenolic OH excluding ortho intramolecular Hbond substituents is 1. The van der Waals surface area contributed by atoms with Crippen molar-refractivity contribution in [2.24, 2.45) is 0 Å². The number of hydrogen-bond donors (Lipinski definition) is 9. The van der Waals surface area contributed by atoms with Gasteiger partial charge in [-0.15, -0.1) is 11.6 Å². The number of aromatic amines is 6. The Balaban J connectivity index is 0.000000167. The summed E-state index contributed by atoms with van der Waals surface area (Å²) in [6.07, 6.45) is 18.2. The van der Waals surface area contributed by atoms with Crippen LogP contribution >= 0.6 is 23.2 Å². The third kappa shape index (κ3) is 25.5. The average molecular weight is 2150 g/mol. The number of Topliss-reactive ketones (excluding diaryl/α,β-unsaturated/α-hetero) is 2. The van der Waals surface area contributed by atoms with E-state index in [2.05, 4.69) is 90.3 Å². The molecule has 17 heterocycles.